The Labute approximate surface area is 157 Å². The van der Waals surface area contributed by atoms with E-state index in [9.17, 15) is 4.79 Å². The van der Waals surface area contributed by atoms with E-state index >= 15 is 0 Å². The third kappa shape index (κ3) is 8.31. The number of nitrogens with two attached hydrogens (primary N) is 1. The molecule has 1 aliphatic rings. The molecule has 7 nitrogen and oxygen atoms in total. The van der Waals surface area contributed by atoms with E-state index in [0.717, 1.165) is 19.3 Å². The number of aliphatic hydroxyl groups excluding tert-OH is 1. The molecule has 0 spiro atoms. The molecule has 4 atom stereocenters. The van der Waals surface area contributed by atoms with Gasteiger partial charge >= 0.3 is 5.97 Å². The van der Waals surface area contributed by atoms with Crippen LogP contribution in [0.4, 0.5) is 0 Å². The fraction of sp³-hybridized carbons (Fsp3) is 0.947. The van der Waals surface area contributed by atoms with Crippen LogP contribution in [0.3, 0.4) is 0 Å². The summed E-state index contributed by atoms with van der Waals surface area (Å²) >= 11 is 0. The van der Waals surface area contributed by atoms with Gasteiger partial charge < -0.3 is 29.8 Å². The largest absolute Gasteiger partial charge is 0.456 e. The van der Waals surface area contributed by atoms with Crippen LogP contribution < -0.4 is 5.73 Å². The van der Waals surface area contributed by atoms with E-state index in [2.05, 4.69) is 6.92 Å². The van der Waals surface area contributed by atoms with Crippen molar-refractivity contribution >= 4 is 5.97 Å². The summed E-state index contributed by atoms with van der Waals surface area (Å²) in [7, 11) is 1.57. The van der Waals surface area contributed by atoms with Crippen LogP contribution in [0.15, 0.2) is 0 Å². The topological polar surface area (TPSA) is 100 Å². The SMILES string of the molecule is CCCCCCCCC[C@@H]1OC[C@@H](OCCO)[C@H](OC)[C@@H]1OC(=O)CN. The Balaban J connectivity index is 2.54. The van der Waals surface area contributed by atoms with Gasteiger partial charge in [0.15, 0.2) is 6.10 Å². The van der Waals surface area contributed by atoms with Gasteiger partial charge in [0.2, 0.25) is 0 Å². The molecule has 1 rings (SSSR count). The van der Waals surface area contributed by atoms with E-state index < -0.39 is 18.2 Å². The summed E-state index contributed by atoms with van der Waals surface area (Å²) in [5.41, 5.74) is 5.40. The van der Waals surface area contributed by atoms with Gasteiger partial charge in [-0.05, 0) is 6.42 Å². The van der Waals surface area contributed by atoms with Crippen molar-refractivity contribution in [2.24, 2.45) is 5.73 Å². The van der Waals surface area contributed by atoms with Crippen LogP contribution in [0.25, 0.3) is 0 Å². The third-order valence-corrected chi connectivity index (χ3v) is 4.75. The highest BCUT2D eigenvalue weighted by Gasteiger charge is 2.43. The van der Waals surface area contributed by atoms with Crippen molar-refractivity contribution in [1.29, 1.82) is 0 Å². The van der Waals surface area contributed by atoms with Crippen LogP contribution in [0, 0.1) is 0 Å². The van der Waals surface area contributed by atoms with Gasteiger partial charge in [-0.2, -0.15) is 0 Å². The molecular weight excluding hydrogens is 338 g/mol. The van der Waals surface area contributed by atoms with Gasteiger partial charge in [-0.15, -0.1) is 0 Å². The zero-order chi connectivity index (χ0) is 19.2. The molecule has 0 bridgehead atoms. The number of esters is 1. The molecule has 0 saturated carbocycles. The first-order valence-corrected chi connectivity index (χ1v) is 9.94. The Bertz CT molecular complexity index is 368. The maximum Gasteiger partial charge on any atom is 0.320 e. The summed E-state index contributed by atoms with van der Waals surface area (Å²) in [6, 6.07) is 0. The van der Waals surface area contributed by atoms with Gasteiger partial charge in [0.05, 0.1) is 32.5 Å². The predicted octanol–water partition coefficient (Wildman–Crippen LogP) is 1.79. The van der Waals surface area contributed by atoms with Gasteiger partial charge in [0.1, 0.15) is 12.2 Å². The number of ether oxygens (including phenoxy) is 4. The van der Waals surface area contributed by atoms with Gasteiger partial charge in [0, 0.05) is 7.11 Å². The highest BCUT2D eigenvalue weighted by Crippen LogP contribution is 2.27. The molecule has 0 aromatic rings. The van der Waals surface area contributed by atoms with Gasteiger partial charge in [-0.25, -0.2) is 0 Å². The maximum atomic E-state index is 11.7. The molecule has 0 radical (unpaired) electrons. The van der Waals surface area contributed by atoms with E-state index in [4.69, 9.17) is 29.8 Å². The lowest BCUT2D eigenvalue weighted by molar-refractivity contribution is -0.225. The summed E-state index contributed by atoms with van der Waals surface area (Å²) in [4.78, 5) is 11.7. The Morgan fingerprint density at radius 2 is 1.85 bits per heavy atom. The summed E-state index contributed by atoms with van der Waals surface area (Å²) in [6.45, 7) is 2.50. The molecule has 0 unspecified atom stereocenters. The molecular formula is C19H37NO6. The average molecular weight is 376 g/mol. The van der Waals surface area contributed by atoms with Crippen LogP contribution >= 0.6 is 0 Å². The van der Waals surface area contributed by atoms with Crippen molar-refractivity contribution in [3.05, 3.63) is 0 Å². The van der Waals surface area contributed by atoms with Crippen molar-refractivity contribution in [3.8, 4) is 0 Å². The highest BCUT2D eigenvalue weighted by molar-refractivity contribution is 5.71. The molecule has 3 N–H and O–H groups in total. The molecule has 0 aromatic carbocycles. The van der Waals surface area contributed by atoms with Gasteiger partial charge in [-0.1, -0.05) is 51.9 Å². The molecule has 0 aliphatic carbocycles. The first-order chi connectivity index (χ1) is 12.7. The number of carbonyl (C=O) groups excluding carboxylic acids is 1. The molecule has 0 amide bonds. The number of unbranched alkanes of at least 4 members (excludes halogenated alkanes) is 6. The van der Waals surface area contributed by atoms with Crippen LogP contribution in [0.5, 0.6) is 0 Å². The minimum Gasteiger partial charge on any atom is -0.456 e. The second kappa shape index (κ2) is 14.3. The van der Waals surface area contributed by atoms with Crippen LogP contribution in [-0.4, -0.2) is 69.0 Å². The number of hydrogen-bond acceptors (Lipinski definition) is 7. The van der Waals surface area contributed by atoms with E-state index in [1.807, 2.05) is 0 Å². The van der Waals surface area contributed by atoms with E-state index in [1.54, 1.807) is 7.11 Å². The number of methoxy groups -OCH3 is 1. The molecule has 1 fully saturated rings. The summed E-state index contributed by atoms with van der Waals surface area (Å²) in [5, 5.41) is 8.97. The number of rotatable bonds is 14. The smallest absolute Gasteiger partial charge is 0.320 e. The predicted molar refractivity (Wildman–Crippen MR) is 98.9 cm³/mol. The number of carbonyl (C=O) groups is 1. The first kappa shape index (κ1) is 23.3. The van der Waals surface area contributed by atoms with Crippen molar-refractivity contribution in [2.45, 2.75) is 82.7 Å². The molecule has 7 heteroatoms. The molecule has 1 aliphatic heterocycles. The lowest BCUT2D eigenvalue weighted by Crippen LogP contribution is -2.56. The minimum absolute atomic E-state index is 0.0817. The molecule has 154 valence electrons. The highest BCUT2D eigenvalue weighted by atomic mass is 16.6. The normalized spacial score (nSPS) is 26.0. The van der Waals surface area contributed by atoms with Crippen LogP contribution in [0.1, 0.15) is 58.3 Å². The van der Waals surface area contributed by atoms with E-state index in [-0.39, 0.29) is 32.0 Å². The zero-order valence-corrected chi connectivity index (χ0v) is 16.4. The van der Waals surface area contributed by atoms with Gasteiger partial charge in [-0.3, -0.25) is 4.79 Å². The average Bonchev–Trinajstić information content (AvgIpc) is 2.66. The van der Waals surface area contributed by atoms with Crippen molar-refractivity contribution < 1.29 is 28.8 Å². The Morgan fingerprint density at radius 3 is 2.46 bits per heavy atom. The number of hydrogen-bond donors (Lipinski definition) is 2. The number of aliphatic hydroxyl groups is 1. The fourth-order valence-corrected chi connectivity index (χ4v) is 3.36. The Hall–Kier alpha value is -0.730. The Morgan fingerprint density at radius 1 is 1.15 bits per heavy atom. The standard InChI is InChI=1S/C19H37NO6/c1-3-4-5-6-7-8-9-10-15-19(26-17(22)13-20)18(23-2)16(14-25-15)24-12-11-21/h15-16,18-19,21H,3-14,20H2,1-2H3/t15-,16+,18-,19+/m0/s1. The minimum atomic E-state index is -0.548. The van der Waals surface area contributed by atoms with Crippen LogP contribution in [0.2, 0.25) is 0 Å². The zero-order valence-electron chi connectivity index (χ0n) is 16.4. The molecule has 1 saturated heterocycles. The van der Waals surface area contributed by atoms with Crippen molar-refractivity contribution in [3.63, 3.8) is 0 Å². The third-order valence-electron chi connectivity index (χ3n) is 4.75. The second-order valence-electron chi connectivity index (χ2n) is 6.77. The lowest BCUT2D eigenvalue weighted by Gasteiger charge is -2.41. The first-order valence-electron chi connectivity index (χ1n) is 9.94. The second-order valence-corrected chi connectivity index (χ2v) is 6.77. The quantitative estimate of drug-likeness (QED) is 0.353. The monoisotopic (exact) mass is 375 g/mol. The van der Waals surface area contributed by atoms with Crippen molar-refractivity contribution in [1.82, 2.24) is 0 Å². The molecule has 0 aromatic heterocycles. The summed E-state index contributed by atoms with van der Waals surface area (Å²) in [6.07, 6.45) is 7.72. The fourth-order valence-electron chi connectivity index (χ4n) is 3.36. The Kier molecular flexibility index (Phi) is 12.9. The molecule has 26 heavy (non-hydrogen) atoms. The lowest BCUT2D eigenvalue weighted by atomic mass is 9.95. The van der Waals surface area contributed by atoms with Gasteiger partial charge in [0.25, 0.3) is 0 Å². The van der Waals surface area contributed by atoms with E-state index in [0.29, 0.717) is 6.61 Å². The van der Waals surface area contributed by atoms with Crippen molar-refractivity contribution in [2.75, 3.05) is 33.5 Å². The van der Waals surface area contributed by atoms with Crippen LogP contribution in [-0.2, 0) is 23.7 Å². The molecule has 1 heterocycles. The van der Waals surface area contributed by atoms with E-state index in [1.165, 1.54) is 32.1 Å². The maximum absolute atomic E-state index is 11.7. The summed E-state index contributed by atoms with van der Waals surface area (Å²) in [5.74, 6) is -0.479. The summed E-state index contributed by atoms with van der Waals surface area (Å²) < 4.78 is 22.6.